The van der Waals surface area contributed by atoms with E-state index in [2.05, 4.69) is 4.99 Å². The second-order valence-corrected chi connectivity index (χ2v) is 2.92. The molecule has 1 aromatic carbocycles. The number of isocyanates is 1. The SMILES string of the molecule is O=C=Nc1cccc(S(=O)O)c1. The number of aliphatic imine (C=N–C) groups is 1. The van der Waals surface area contributed by atoms with Crippen LogP contribution in [0.1, 0.15) is 0 Å². The Bertz CT molecular complexity index is 340. The minimum atomic E-state index is -2.03. The summed E-state index contributed by atoms with van der Waals surface area (Å²) in [5, 5.41) is 0. The second-order valence-electron chi connectivity index (χ2n) is 1.95. The molecule has 4 nitrogen and oxygen atoms in total. The summed E-state index contributed by atoms with van der Waals surface area (Å²) in [5.41, 5.74) is 0.324. The van der Waals surface area contributed by atoms with Gasteiger partial charge in [0.25, 0.3) is 0 Å². The number of nitrogens with zero attached hydrogens (tertiary/aromatic N) is 1. The summed E-state index contributed by atoms with van der Waals surface area (Å²) in [4.78, 5) is 13.3. The lowest BCUT2D eigenvalue weighted by Crippen LogP contribution is -1.85. The van der Waals surface area contributed by atoms with Crippen molar-refractivity contribution in [2.75, 3.05) is 0 Å². The summed E-state index contributed by atoms with van der Waals surface area (Å²) >= 11 is -2.03. The van der Waals surface area contributed by atoms with Crippen LogP contribution in [0.2, 0.25) is 0 Å². The van der Waals surface area contributed by atoms with Gasteiger partial charge >= 0.3 is 0 Å². The first kappa shape index (κ1) is 8.80. The predicted molar refractivity (Wildman–Crippen MR) is 43.3 cm³/mol. The van der Waals surface area contributed by atoms with Crippen molar-refractivity contribution in [3.8, 4) is 0 Å². The van der Waals surface area contributed by atoms with Crippen molar-refractivity contribution in [1.29, 1.82) is 0 Å². The Kier molecular flexibility index (Phi) is 2.88. The van der Waals surface area contributed by atoms with Crippen molar-refractivity contribution in [2.45, 2.75) is 4.90 Å². The number of hydrogen-bond acceptors (Lipinski definition) is 3. The van der Waals surface area contributed by atoms with Crippen molar-refractivity contribution < 1.29 is 13.6 Å². The van der Waals surface area contributed by atoms with Crippen LogP contribution in [0.3, 0.4) is 0 Å². The van der Waals surface area contributed by atoms with Gasteiger partial charge in [-0.2, -0.15) is 4.99 Å². The van der Waals surface area contributed by atoms with Crippen molar-refractivity contribution in [2.24, 2.45) is 4.99 Å². The smallest absolute Gasteiger partial charge is 0.240 e. The monoisotopic (exact) mass is 183 g/mol. The van der Waals surface area contributed by atoms with Crippen molar-refractivity contribution in [1.82, 2.24) is 0 Å². The van der Waals surface area contributed by atoms with Crippen molar-refractivity contribution >= 4 is 22.8 Å². The summed E-state index contributed by atoms with van der Waals surface area (Å²) in [6, 6.07) is 5.90. The predicted octanol–water partition coefficient (Wildman–Crippen LogP) is 1.23. The van der Waals surface area contributed by atoms with Crippen molar-refractivity contribution in [3.63, 3.8) is 0 Å². The number of rotatable bonds is 2. The largest absolute Gasteiger partial charge is 0.302 e. The molecule has 1 N–H and O–H groups in total. The molecule has 0 spiro atoms. The standard InChI is InChI=1S/C7H5NO3S/c9-5-8-6-2-1-3-7(4-6)12(10)11/h1-4H,(H,10,11). The average molecular weight is 183 g/mol. The zero-order valence-electron chi connectivity index (χ0n) is 5.93. The molecule has 0 amide bonds. The van der Waals surface area contributed by atoms with Crippen LogP contribution in [-0.2, 0) is 15.9 Å². The molecule has 0 bridgehead atoms. The zero-order valence-corrected chi connectivity index (χ0v) is 6.75. The fraction of sp³-hybridized carbons (Fsp3) is 0. The molecule has 0 aliphatic carbocycles. The molecule has 1 aromatic rings. The maximum Gasteiger partial charge on any atom is 0.240 e. The summed E-state index contributed by atoms with van der Waals surface area (Å²) in [6.45, 7) is 0. The first-order chi connectivity index (χ1) is 5.74. The van der Waals surface area contributed by atoms with Crippen LogP contribution >= 0.6 is 0 Å². The lowest BCUT2D eigenvalue weighted by atomic mass is 10.3. The molecule has 0 saturated carbocycles. The normalized spacial score (nSPS) is 11.8. The zero-order chi connectivity index (χ0) is 8.97. The van der Waals surface area contributed by atoms with Crippen LogP contribution < -0.4 is 0 Å². The second kappa shape index (κ2) is 3.92. The van der Waals surface area contributed by atoms with Gasteiger partial charge in [0.15, 0.2) is 11.1 Å². The van der Waals surface area contributed by atoms with E-state index in [1.54, 1.807) is 12.1 Å². The number of benzene rings is 1. The Balaban J connectivity index is 3.11. The highest BCUT2D eigenvalue weighted by molar-refractivity contribution is 7.79. The van der Waals surface area contributed by atoms with Gasteiger partial charge in [0, 0.05) is 0 Å². The Morgan fingerprint density at radius 3 is 2.83 bits per heavy atom. The van der Waals surface area contributed by atoms with Gasteiger partial charge in [-0.1, -0.05) is 6.07 Å². The number of hydrogen-bond donors (Lipinski definition) is 1. The van der Waals surface area contributed by atoms with Gasteiger partial charge in [-0.3, -0.25) is 0 Å². The Hall–Kier alpha value is -1.29. The number of carbonyl (C=O) groups excluding carboxylic acids is 1. The first-order valence-electron chi connectivity index (χ1n) is 3.03. The van der Waals surface area contributed by atoms with E-state index in [0.717, 1.165) is 0 Å². The third-order valence-corrected chi connectivity index (χ3v) is 1.85. The van der Waals surface area contributed by atoms with Crippen LogP contribution in [0, 0.1) is 0 Å². The topological polar surface area (TPSA) is 66.7 Å². The highest BCUT2D eigenvalue weighted by Crippen LogP contribution is 2.14. The molecule has 0 aliphatic heterocycles. The Morgan fingerprint density at radius 2 is 2.25 bits per heavy atom. The van der Waals surface area contributed by atoms with E-state index in [9.17, 15) is 9.00 Å². The van der Waals surface area contributed by atoms with Gasteiger partial charge in [-0.05, 0) is 18.2 Å². The summed E-state index contributed by atoms with van der Waals surface area (Å²) in [7, 11) is 0. The Morgan fingerprint density at radius 1 is 1.50 bits per heavy atom. The highest BCUT2D eigenvalue weighted by Gasteiger charge is 1.99. The van der Waals surface area contributed by atoms with Gasteiger partial charge in [0.1, 0.15) is 0 Å². The lowest BCUT2D eigenvalue weighted by molar-refractivity contribution is 0.563. The van der Waals surface area contributed by atoms with E-state index in [4.69, 9.17) is 4.55 Å². The van der Waals surface area contributed by atoms with E-state index >= 15 is 0 Å². The average Bonchev–Trinajstić information content (AvgIpc) is 2.05. The molecular formula is C7H5NO3S. The van der Waals surface area contributed by atoms with Crippen LogP contribution in [0.15, 0.2) is 34.2 Å². The molecule has 0 radical (unpaired) electrons. The van der Waals surface area contributed by atoms with E-state index in [1.165, 1.54) is 18.2 Å². The fourth-order valence-corrected chi connectivity index (χ4v) is 1.13. The molecule has 0 saturated heterocycles. The maximum atomic E-state index is 10.5. The molecule has 0 aliphatic rings. The third kappa shape index (κ3) is 2.10. The van der Waals surface area contributed by atoms with Gasteiger partial charge in [0.05, 0.1) is 10.6 Å². The Labute approximate surface area is 71.2 Å². The van der Waals surface area contributed by atoms with Gasteiger partial charge in [0.2, 0.25) is 6.08 Å². The van der Waals surface area contributed by atoms with Gasteiger partial charge < -0.3 is 4.55 Å². The summed E-state index contributed by atoms with van der Waals surface area (Å²) < 4.78 is 19.2. The molecule has 0 fully saturated rings. The van der Waals surface area contributed by atoms with E-state index < -0.39 is 11.1 Å². The first-order valence-corrected chi connectivity index (χ1v) is 4.13. The van der Waals surface area contributed by atoms with Crippen LogP contribution in [-0.4, -0.2) is 14.8 Å². The van der Waals surface area contributed by atoms with E-state index in [1.807, 2.05) is 0 Å². The molecule has 0 heterocycles. The molecule has 0 aromatic heterocycles. The van der Waals surface area contributed by atoms with Crippen LogP contribution in [0.4, 0.5) is 5.69 Å². The quantitative estimate of drug-likeness (QED) is 0.426. The molecule has 1 unspecified atom stereocenters. The minimum absolute atomic E-state index is 0.214. The molecule has 1 rings (SSSR count). The van der Waals surface area contributed by atoms with E-state index in [0.29, 0.717) is 5.69 Å². The maximum absolute atomic E-state index is 10.5. The fourth-order valence-electron chi connectivity index (χ4n) is 0.714. The van der Waals surface area contributed by atoms with Crippen LogP contribution in [0.25, 0.3) is 0 Å². The lowest BCUT2D eigenvalue weighted by Gasteiger charge is -1.93. The summed E-state index contributed by atoms with van der Waals surface area (Å²) in [5.74, 6) is 0. The summed E-state index contributed by atoms with van der Waals surface area (Å²) in [6.07, 6.45) is 1.34. The molecule has 62 valence electrons. The van der Waals surface area contributed by atoms with Crippen LogP contribution in [0.5, 0.6) is 0 Å². The van der Waals surface area contributed by atoms with E-state index in [-0.39, 0.29) is 4.90 Å². The molecule has 1 atom stereocenters. The third-order valence-electron chi connectivity index (χ3n) is 1.19. The van der Waals surface area contributed by atoms with Gasteiger partial charge in [-0.15, -0.1) is 0 Å². The molecular weight excluding hydrogens is 178 g/mol. The minimum Gasteiger partial charge on any atom is -0.302 e. The van der Waals surface area contributed by atoms with Crippen molar-refractivity contribution in [3.05, 3.63) is 24.3 Å². The molecule has 5 heteroatoms. The highest BCUT2D eigenvalue weighted by atomic mass is 32.2. The van der Waals surface area contributed by atoms with Gasteiger partial charge in [-0.25, -0.2) is 9.00 Å². The molecule has 12 heavy (non-hydrogen) atoms.